The molecule has 0 fully saturated rings. The molecule has 118 valence electrons. The van der Waals surface area contributed by atoms with Crippen molar-refractivity contribution in [2.24, 2.45) is 0 Å². The van der Waals surface area contributed by atoms with Gasteiger partial charge in [-0.25, -0.2) is 9.59 Å². The van der Waals surface area contributed by atoms with Gasteiger partial charge in [0, 0.05) is 6.54 Å². The molecule has 2 amide bonds. The van der Waals surface area contributed by atoms with E-state index in [4.69, 9.17) is 5.11 Å². The van der Waals surface area contributed by atoms with Crippen LogP contribution in [0.4, 0.5) is 4.79 Å². The monoisotopic (exact) mass is 286 g/mol. The van der Waals surface area contributed by atoms with Crippen molar-refractivity contribution in [3.05, 3.63) is 0 Å². The van der Waals surface area contributed by atoms with Gasteiger partial charge in [0.2, 0.25) is 0 Å². The molecule has 0 aromatic heterocycles. The maximum Gasteiger partial charge on any atom is 0.326 e. The topological polar surface area (TPSA) is 78.4 Å². The molecule has 0 aromatic carbocycles. The Bertz CT molecular complexity index is 270. The normalized spacial score (nSPS) is 11.9. The zero-order valence-electron chi connectivity index (χ0n) is 12.9. The number of hydrogen-bond donors (Lipinski definition) is 3. The van der Waals surface area contributed by atoms with Gasteiger partial charge in [0.1, 0.15) is 6.04 Å². The smallest absolute Gasteiger partial charge is 0.326 e. The fourth-order valence-electron chi connectivity index (χ4n) is 1.98. The third kappa shape index (κ3) is 10.6. The van der Waals surface area contributed by atoms with Crippen LogP contribution in [0.15, 0.2) is 0 Å². The number of carboxylic acids is 1. The van der Waals surface area contributed by atoms with Crippen molar-refractivity contribution in [2.75, 3.05) is 6.54 Å². The second-order valence-corrected chi connectivity index (χ2v) is 5.20. The number of unbranched alkanes of at least 4 members (excludes halogenated alkanes) is 6. The van der Waals surface area contributed by atoms with E-state index in [-0.39, 0.29) is 6.03 Å². The van der Waals surface area contributed by atoms with E-state index in [1.807, 2.05) is 6.92 Å². The average molecular weight is 286 g/mol. The molecule has 0 saturated heterocycles. The van der Waals surface area contributed by atoms with Crippen molar-refractivity contribution in [1.82, 2.24) is 10.6 Å². The summed E-state index contributed by atoms with van der Waals surface area (Å²) in [5.74, 6) is -0.965. The second kappa shape index (κ2) is 12.8. The van der Waals surface area contributed by atoms with Crippen LogP contribution < -0.4 is 10.6 Å². The van der Waals surface area contributed by atoms with Crippen LogP contribution in [-0.2, 0) is 4.79 Å². The molecule has 0 aliphatic rings. The predicted molar refractivity (Wildman–Crippen MR) is 80.9 cm³/mol. The van der Waals surface area contributed by atoms with Crippen LogP contribution in [0.1, 0.15) is 71.6 Å². The van der Waals surface area contributed by atoms with Crippen molar-refractivity contribution in [2.45, 2.75) is 77.7 Å². The van der Waals surface area contributed by atoms with Crippen molar-refractivity contribution in [3.8, 4) is 0 Å². The lowest BCUT2D eigenvalue weighted by Crippen LogP contribution is -2.46. The Hall–Kier alpha value is -1.26. The minimum atomic E-state index is -0.965. The molecule has 0 aromatic rings. The van der Waals surface area contributed by atoms with Gasteiger partial charge in [-0.15, -0.1) is 0 Å². The van der Waals surface area contributed by atoms with Gasteiger partial charge in [0.25, 0.3) is 0 Å². The fraction of sp³-hybridized carbons (Fsp3) is 0.867. The number of rotatable bonds is 12. The highest BCUT2D eigenvalue weighted by atomic mass is 16.4. The number of carbonyl (C=O) groups excluding carboxylic acids is 1. The van der Waals surface area contributed by atoms with Gasteiger partial charge in [-0.1, -0.05) is 58.8 Å². The molecule has 0 bridgehead atoms. The van der Waals surface area contributed by atoms with Crippen LogP contribution in [0.2, 0.25) is 0 Å². The summed E-state index contributed by atoms with van der Waals surface area (Å²) in [6, 6.07) is -1.15. The summed E-state index contributed by atoms with van der Waals surface area (Å²) in [7, 11) is 0. The summed E-state index contributed by atoms with van der Waals surface area (Å²) in [5.41, 5.74) is 0. The minimum absolute atomic E-state index is 0.373. The molecule has 0 saturated carbocycles. The first kappa shape index (κ1) is 18.7. The molecule has 0 heterocycles. The Morgan fingerprint density at radius 2 is 1.55 bits per heavy atom. The Labute approximate surface area is 122 Å². The number of carbonyl (C=O) groups is 2. The van der Waals surface area contributed by atoms with Gasteiger partial charge in [0.05, 0.1) is 0 Å². The highest BCUT2D eigenvalue weighted by Gasteiger charge is 2.18. The first-order valence-electron chi connectivity index (χ1n) is 7.89. The number of urea groups is 1. The van der Waals surface area contributed by atoms with E-state index in [2.05, 4.69) is 17.6 Å². The van der Waals surface area contributed by atoms with E-state index in [0.717, 1.165) is 25.7 Å². The number of hydrogen-bond acceptors (Lipinski definition) is 2. The second-order valence-electron chi connectivity index (χ2n) is 5.20. The molecule has 5 nitrogen and oxygen atoms in total. The van der Waals surface area contributed by atoms with Crippen molar-refractivity contribution in [3.63, 3.8) is 0 Å². The SMILES string of the molecule is CCCCCCCCNC(=O)N[C@@H](CCCC)C(=O)O. The molecule has 5 heteroatoms. The van der Waals surface area contributed by atoms with Gasteiger partial charge >= 0.3 is 12.0 Å². The van der Waals surface area contributed by atoms with Gasteiger partial charge in [-0.3, -0.25) is 0 Å². The molecular weight excluding hydrogens is 256 g/mol. The fourth-order valence-corrected chi connectivity index (χ4v) is 1.98. The Morgan fingerprint density at radius 1 is 0.950 bits per heavy atom. The highest BCUT2D eigenvalue weighted by Crippen LogP contribution is 2.04. The van der Waals surface area contributed by atoms with Crippen LogP contribution in [0.3, 0.4) is 0 Å². The summed E-state index contributed by atoms with van der Waals surface area (Å²) in [5, 5.41) is 14.2. The summed E-state index contributed by atoms with van der Waals surface area (Å²) >= 11 is 0. The molecule has 0 unspecified atom stereocenters. The van der Waals surface area contributed by atoms with Crippen molar-refractivity contribution in [1.29, 1.82) is 0 Å². The summed E-state index contributed by atoms with van der Waals surface area (Å²) in [4.78, 5) is 22.5. The maximum atomic E-state index is 11.6. The van der Waals surface area contributed by atoms with E-state index in [1.165, 1.54) is 25.7 Å². The zero-order valence-corrected chi connectivity index (χ0v) is 12.9. The Balaban J connectivity index is 3.66. The first-order chi connectivity index (χ1) is 9.61. The Kier molecular flexibility index (Phi) is 12.0. The molecule has 0 spiro atoms. The molecule has 0 rings (SSSR count). The number of nitrogens with one attached hydrogen (secondary N) is 2. The van der Waals surface area contributed by atoms with E-state index in [9.17, 15) is 9.59 Å². The van der Waals surface area contributed by atoms with Crippen LogP contribution >= 0.6 is 0 Å². The van der Waals surface area contributed by atoms with E-state index in [1.54, 1.807) is 0 Å². The van der Waals surface area contributed by atoms with E-state index >= 15 is 0 Å². The highest BCUT2D eigenvalue weighted by molar-refractivity contribution is 5.82. The standard InChI is InChI=1S/C15H30N2O3/c1-3-5-7-8-9-10-12-16-15(20)17-13(14(18)19)11-6-4-2/h13H,3-12H2,1-2H3,(H,18,19)(H2,16,17,20)/t13-/m0/s1. The largest absolute Gasteiger partial charge is 0.480 e. The molecule has 20 heavy (non-hydrogen) atoms. The molecule has 1 atom stereocenters. The van der Waals surface area contributed by atoms with E-state index < -0.39 is 12.0 Å². The number of aliphatic carboxylic acids is 1. The predicted octanol–water partition coefficient (Wildman–Crippen LogP) is 3.29. The summed E-state index contributed by atoms with van der Waals surface area (Å²) < 4.78 is 0. The number of amides is 2. The quantitative estimate of drug-likeness (QED) is 0.482. The number of carboxylic acid groups (broad SMARTS) is 1. The van der Waals surface area contributed by atoms with Gasteiger partial charge in [-0.2, -0.15) is 0 Å². The van der Waals surface area contributed by atoms with Gasteiger partial charge < -0.3 is 15.7 Å². The molecule has 0 radical (unpaired) electrons. The van der Waals surface area contributed by atoms with Gasteiger partial charge in [0.15, 0.2) is 0 Å². The average Bonchev–Trinajstić information content (AvgIpc) is 2.42. The van der Waals surface area contributed by atoms with Crippen molar-refractivity contribution < 1.29 is 14.7 Å². The van der Waals surface area contributed by atoms with Crippen LogP contribution in [-0.4, -0.2) is 29.7 Å². The first-order valence-corrected chi connectivity index (χ1v) is 7.89. The maximum absolute atomic E-state index is 11.6. The van der Waals surface area contributed by atoms with Gasteiger partial charge in [-0.05, 0) is 12.8 Å². The van der Waals surface area contributed by atoms with E-state index in [0.29, 0.717) is 13.0 Å². The Morgan fingerprint density at radius 3 is 2.15 bits per heavy atom. The van der Waals surface area contributed by atoms with Crippen molar-refractivity contribution >= 4 is 12.0 Å². The lowest BCUT2D eigenvalue weighted by molar-refractivity contribution is -0.139. The molecule has 0 aliphatic carbocycles. The lowest BCUT2D eigenvalue weighted by Gasteiger charge is -2.14. The van der Waals surface area contributed by atoms with Crippen LogP contribution in [0, 0.1) is 0 Å². The zero-order chi connectivity index (χ0) is 15.2. The molecular formula is C15H30N2O3. The van der Waals surface area contributed by atoms with Crippen LogP contribution in [0.25, 0.3) is 0 Å². The van der Waals surface area contributed by atoms with Crippen LogP contribution in [0.5, 0.6) is 0 Å². The molecule has 0 aliphatic heterocycles. The molecule has 3 N–H and O–H groups in total. The summed E-state index contributed by atoms with van der Waals surface area (Å²) in [6.07, 6.45) is 9.21. The lowest BCUT2D eigenvalue weighted by atomic mass is 10.1. The summed E-state index contributed by atoms with van der Waals surface area (Å²) in [6.45, 7) is 4.79. The minimum Gasteiger partial charge on any atom is -0.480 e. The third-order valence-corrected chi connectivity index (χ3v) is 3.27. The third-order valence-electron chi connectivity index (χ3n) is 3.27.